The third-order valence-electron chi connectivity index (χ3n) is 2.39. The molecule has 0 spiro atoms. The Kier molecular flexibility index (Phi) is 3.28. The van der Waals surface area contributed by atoms with Crippen molar-refractivity contribution in [3.05, 3.63) is 29.8 Å². The molecule has 0 aliphatic heterocycles. The fourth-order valence-electron chi connectivity index (χ4n) is 1.43. The van der Waals surface area contributed by atoms with Crippen LogP contribution in [0.25, 0.3) is 0 Å². The normalized spacial score (nSPS) is 12.9. The number of phenols is 1. The van der Waals surface area contributed by atoms with Crippen molar-refractivity contribution in [3.8, 4) is 5.75 Å². The summed E-state index contributed by atoms with van der Waals surface area (Å²) in [6.45, 7) is 5.70. The molecule has 14 heavy (non-hydrogen) atoms. The third-order valence-corrected chi connectivity index (χ3v) is 2.39. The average Bonchev–Trinajstić information content (AvgIpc) is 2.16. The Morgan fingerprint density at radius 3 is 2.07 bits per heavy atom. The van der Waals surface area contributed by atoms with Gasteiger partial charge in [0.25, 0.3) is 0 Å². The molecule has 1 atom stereocenters. The maximum Gasteiger partial charge on any atom is 0.142 e. The van der Waals surface area contributed by atoms with Crippen molar-refractivity contribution < 1.29 is 9.90 Å². The van der Waals surface area contributed by atoms with Crippen molar-refractivity contribution in [2.24, 2.45) is 5.92 Å². The number of carbonyl (C=O) groups excluding carboxylic acids is 1. The van der Waals surface area contributed by atoms with Crippen LogP contribution >= 0.6 is 0 Å². The molecule has 2 heteroatoms. The fraction of sp³-hybridized carbons (Fsp3) is 0.417. The summed E-state index contributed by atoms with van der Waals surface area (Å²) in [5.41, 5.74) is 0.960. The lowest BCUT2D eigenvalue weighted by Crippen LogP contribution is -2.15. The van der Waals surface area contributed by atoms with Crippen LogP contribution in [0.5, 0.6) is 5.75 Å². The van der Waals surface area contributed by atoms with Crippen molar-refractivity contribution in [1.82, 2.24) is 0 Å². The number of carbonyl (C=O) groups is 1. The second-order valence-corrected chi connectivity index (χ2v) is 3.87. The molecule has 1 N–H and O–H groups in total. The van der Waals surface area contributed by atoms with E-state index in [-0.39, 0.29) is 23.4 Å². The Bertz CT molecular complexity index is 312. The number of rotatable bonds is 3. The van der Waals surface area contributed by atoms with Crippen LogP contribution in [0.1, 0.15) is 32.3 Å². The zero-order chi connectivity index (χ0) is 10.7. The Balaban J connectivity index is 2.84. The summed E-state index contributed by atoms with van der Waals surface area (Å²) < 4.78 is 0. The predicted octanol–water partition coefficient (Wildman–Crippen LogP) is 2.72. The Morgan fingerprint density at radius 2 is 1.64 bits per heavy atom. The van der Waals surface area contributed by atoms with Gasteiger partial charge in [-0.1, -0.05) is 32.9 Å². The second-order valence-electron chi connectivity index (χ2n) is 3.87. The van der Waals surface area contributed by atoms with Gasteiger partial charge in [-0.3, -0.25) is 4.79 Å². The lowest BCUT2D eigenvalue weighted by atomic mass is 9.90. The molecule has 1 aromatic rings. The van der Waals surface area contributed by atoms with Crippen LogP contribution in [0, 0.1) is 5.92 Å². The van der Waals surface area contributed by atoms with Crippen LogP contribution in [0.4, 0.5) is 0 Å². The molecule has 0 heterocycles. The van der Waals surface area contributed by atoms with E-state index in [4.69, 9.17) is 5.11 Å². The van der Waals surface area contributed by atoms with E-state index < -0.39 is 0 Å². The molecule has 0 fully saturated rings. The maximum atomic E-state index is 11.7. The van der Waals surface area contributed by atoms with Gasteiger partial charge in [0.15, 0.2) is 0 Å². The number of aromatic hydroxyl groups is 1. The van der Waals surface area contributed by atoms with E-state index in [1.165, 1.54) is 0 Å². The summed E-state index contributed by atoms with van der Waals surface area (Å²) in [7, 11) is 0. The van der Waals surface area contributed by atoms with Gasteiger partial charge in [-0.25, -0.2) is 0 Å². The van der Waals surface area contributed by atoms with Crippen molar-refractivity contribution in [3.63, 3.8) is 0 Å². The van der Waals surface area contributed by atoms with Gasteiger partial charge in [-0.2, -0.15) is 0 Å². The lowest BCUT2D eigenvalue weighted by Gasteiger charge is -2.13. The first-order valence-electron chi connectivity index (χ1n) is 4.85. The van der Waals surface area contributed by atoms with Gasteiger partial charge in [-0.15, -0.1) is 0 Å². The van der Waals surface area contributed by atoms with Crippen molar-refractivity contribution in [2.75, 3.05) is 0 Å². The van der Waals surface area contributed by atoms with Gasteiger partial charge in [0.1, 0.15) is 11.5 Å². The topological polar surface area (TPSA) is 37.3 Å². The average molecular weight is 192 g/mol. The van der Waals surface area contributed by atoms with E-state index in [0.29, 0.717) is 0 Å². The minimum atomic E-state index is -0.0874. The lowest BCUT2D eigenvalue weighted by molar-refractivity contribution is -0.123. The van der Waals surface area contributed by atoms with Crippen LogP contribution in [0.2, 0.25) is 0 Å². The van der Waals surface area contributed by atoms with Crippen LogP contribution in [-0.2, 0) is 4.79 Å². The number of hydrogen-bond donors (Lipinski definition) is 1. The number of Topliss-reactive ketones (excluding diaryl/α,β-unsaturated/α-hetero) is 1. The Labute approximate surface area is 84.6 Å². The molecule has 0 aliphatic rings. The van der Waals surface area contributed by atoms with E-state index in [1.54, 1.807) is 24.3 Å². The van der Waals surface area contributed by atoms with Crippen molar-refractivity contribution in [2.45, 2.75) is 26.7 Å². The highest BCUT2D eigenvalue weighted by Gasteiger charge is 2.17. The SMILES string of the molecule is CC(C)C(=O)[C@H](C)c1ccc(O)cc1. The molecule has 0 radical (unpaired) electrons. The molecule has 0 amide bonds. The summed E-state index contributed by atoms with van der Waals surface area (Å²) in [5.74, 6) is 0.433. The molecule has 0 saturated heterocycles. The highest BCUT2D eigenvalue weighted by Crippen LogP contribution is 2.21. The summed E-state index contributed by atoms with van der Waals surface area (Å²) in [5, 5.41) is 9.10. The second kappa shape index (κ2) is 4.27. The minimum absolute atomic E-state index is 0.0544. The Hall–Kier alpha value is -1.31. The van der Waals surface area contributed by atoms with Gasteiger partial charge in [0.2, 0.25) is 0 Å². The summed E-state index contributed by atoms with van der Waals surface area (Å²) in [6, 6.07) is 6.80. The first kappa shape index (κ1) is 10.8. The van der Waals surface area contributed by atoms with Gasteiger partial charge >= 0.3 is 0 Å². The summed E-state index contributed by atoms with van der Waals surface area (Å²) >= 11 is 0. The summed E-state index contributed by atoms with van der Waals surface area (Å²) in [6.07, 6.45) is 0. The van der Waals surface area contributed by atoms with E-state index in [0.717, 1.165) is 5.56 Å². The van der Waals surface area contributed by atoms with Crippen LogP contribution < -0.4 is 0 Å². The first-order chi connectivity index (χ1) is 6.52. The predicted molar refractivity (Wildman–Crippen MR) is 56.4 cm³/mol. The van der Waals surface area contributed by atoms with Crippen LogP contribution in [0.3, 0.4) is 0 Å². The monoisotopic (exact) mass is 192 g/mol. The van der Waals surface area contributed by atoms with Gasteiger partial charge in [0.05, 0.1) is 0 Å². The minimum Gasteiger partial charge on any atom is -0.508 e. The molecule has 2 nitrogen and oxygen atoms in total. The smallest absolute Gasteiger partial charge is 0.142 e. The van der Waals surface area contributed by atoms with E-state index >= 15 is 0 Å². The molecule has 0 bridgehead atoms. The van der Waals surface area contributed by atoms with E-state index in [1.807, 2.05) is 20.8 Å². The summed E-state index contributed by atoms with van der Waals surface area (Å²) in [4.78, 5) is 11.7. The van der Waals surface area contributed by atoms with E-state index in [9.17, 15) is 4.79 Å². The van der Waals surface area contributed by atoms with E-state index in [2.05, 4.69) is 0 Å². The number of hydrogen-bond acceptors (Lipinski definition) is 2. The largest absolute Gasteiger partial charge is 0.508 e. The van der Waals surface area contributed by atoms with Crippen molar-refractivity contribution >= 4 is 5.78 Å². The quantitative estimate of drug-likeness (QED) is 0.799. The molecule has 1 rings (SSSR count). The molecule has 1 aromatic carbocycles. The zero-order valence-electron chi connectivity index (χ0n) is 8.82. The first-order valence-corrected chi connectivity index (χ1v) is 4.85. The number of phenolic OH excluding ortho intramolecular Hbond substituents is 1. The van der Waals surface area contributed by atoms with Crippen LogP contribution in [-0.4, -0.2) is 10.9 Å². The molecule has 0 aromatic heterocycles. The highest BCUT2D eigenvalue weighted by atomic mass is 16.3. The molecular weight excluding hydrogens is 176 g/mol. The maximum absolute atomic E-state index is 11.7. The molecule has 0 aliphatic carbocycles. The van der Waals surface area contributed by atoms with Crippen LogP contribution in [0.15, 0.2) is 24.3 Å². The zero-order valence-corrected chi connectivity index (χ0v) is 8.82. The van der Waals surface area contributed by atoms with Gasteiger partial charge in [-0.05, 0) is 17.7 Å². The third kappa shape index (κ3) is 2.34. The highest BCUT2D eigenvalue weighted by molar-refractivity contribution is 5.86. The van der Waals surface area contributed by atoms with Gasteiger partial charge < -0.3 is 5.11 Å². The number of benzene rings is 1. The Morgan fingerprint density at radius 1 is 1.14 bits per heavy atom. The number of ketones is 1. The molecule has 76 valence electrons. The fourth-order valence-corrected chi connectivity index (χ4v) is 1.43. The molecule has 0 unspecified atom stereocenters. The van der Waals surface area contributed by atoms with Gasteiger partial charge in [0, 0.05) is 11.8 Å². The standard InChI is InChI=1S/C12H16O2/c1-8(2)12(14)9(3)10-4-6-11(13)7-5-10/h4-9,13H,1-3H3/t9-/m1/s1. The van der Waals surface area contributed by atoms with Crippen molar-refractivity contribution in [1.29, 1.82) is 0 Å². The molecular formula is C12H16O2. The molecule has 0 saturated carbocycles.